The Morgan fingerprint density at radius 3 is 2.43 bits per heavy atom. The second kappa shape index (κ2) is 9.32. The van der Waals surface area contributed by atoms with E-state index in [1.807, 2.05) is 11.3 Å². The molecule has 0 saturated heterocycles. The Morgan fingerprint density at radius 2 is 1.71 bits per heavy atom. The maximum atomic E-state index is 3.82. The normalized spacial score (nSPS) is 12.4. The fourth-order valence-electron chi connectivity index (χ4n) is 2.85. The molecular weight excluding hydrogens is 360 g/mol. The van der Waals surface area contributed by atoms with E-state index in [9.17, 15) is 0 Å². The minimum absolute atomic E-state index is 0.396. The van der Waals surface area contributed by atoms with Crippen molar-refractivity contribution >= 4 is 47.1 Å². The number of fused-ring (bicyclic) bond motifs is 1. The highest BCUT2D eigenvalue weighted by atomic mass is 79.9. The predicted molar refractivity (Wildman–Crippen MR) is 104 cm³/mol. The van der Waals surface area contributed by atoms with Crippen molar-refractivity contribution in [2.24, 2.45) is 0 Å². The number of thiophene rings is 2. The lowest BCUT2D eigenvalue weighted by Gasteiger charge is -2.00. The molecule has 0 aromatic carbocycles. The zero-order valence-electron chi connectivity index (χ0n) is 13.4. The highest BCUT2D eigenvalue weighted by molar-refractivity contribution is 9.11. The standard InChI is InChI=1S/C18H28BrS2/c1-3-5-7-9-11-15-17-16(20-18(15)19)12-14-21(17)13-10-8-6-4-2/h12,14H,3-11,13H2,1-2H3/q+1. The summed E-state index contributed by atoms with van der Waals surface area (Å²) < 4.78 is 4.63. The number of rotatable bonds is 10. The lowest BCUT2D eigenvalue weighted by Crippen LogP contribution is -1.85. The Bertz CT molecular complexity index is 539. The summed E-state index contributed by atoms with van der Waals surface area (Å²) in [4.78, 5) is 0. The van der Waals surface area contributed by atoms with Gasteiger partial charge in [0, 0.05) is 11.6 Å². The molecule has 0 saturated carbocycles. The van der Waals surface area contributed by atoms with Gasteiger partial charge in [0.1, 0.15) is 11.1 Å². The van der Waals surface area contributed by atoms with Crippen LogP contribution in [0.4, 0.5) is 0 Å². The molecule has 1 unspecified atom stereocenters. The molecule has 0 aliphatic rings. The van der Waals surface area contributed by atoms with Crippen LogP contribution in [0.1, 0.15) is 70.8 Å². The van der Waals surface area contributed by atoms with Crippen LogP contribution >= 0.6 is 37.7 Å². The van der Waals surface area contributed by atoms with Gasteiger partial charge in [-0.25, -0.2) is 0 Å². The highest BCUT2D eigenvalue weighted by Gasteiger charge is 2.21. The van der Waals surface area contributed by atoms with Crippen LogP contribution in [0.25, 0.3) is 9.40 Å². The molecule has 1 atom stereocenters. The maximum Gasteiger partial charge on any atom is 0.195 e. The van der Waals surface area contributed by atoms with Gasteiger partial charge in [-0.15, -0.1) is 11.3 Å². The molecule has 0 fully saturated rings. The van der Waals surface area contributed by atoms with E-state index in [-0.39, 0.29) is 0 Å². The molecule has 0 bridgehead atoms. The van der Waals surface area contributed by atoms with Crippen molar-refractivity contribution in [3.8, 4) is 0 Å². The molecular formula is C18H28BrS2+. The van der Waals surface area contributed by atoms with E-state index in [1.165, 1.54) is 72.0 Å². The minimum atomic E-state index is 0.396. The van der Waals surface area contributed by atoms with Crippen LogP contribution in [0.5, 0.6) is 0 Å². The van der Waals surface area contributed by atoms with Gasteiger partial charge < -0.3 is 0 Å². The van der Waals surface area contributed by atoms with Gasteiger partial charge in [-0.2, -0.15) is 0 Å². The van der Waals surface area contributed by atoms with Crippen molar-refractivity contribution in [1.29, 1.82) is 0 Å². The fraction of sp³-hybridized carbons (Fsp3) is 0.667. The Hall–Kier alpha value is 0.140. The first-order valence-corrected chi connectivity index (χ1v) is 11.5. The quantitative estimate of drug-likeness (QED) is 0.285. The number of hydrogen-bond donors (Lipinski definition) is 0. The van der Waals surface area contributed by atoms with Gasteiger partial charge in [0.05, 0.1) is 8.49 Å². The summed E-state index contributed by atoms with van der Waals surface area (Å²) in [6, 6.07) is 2.38. The van der Waals surface area contributed by atoms with Crippen molar-refractivity contribution in [2.75, 3.05) is 0 Å². The van der Waals surface area contributed by atoms with Crippen LogP contribution in [-0.4, -0.2) is 0 Å². The molecule has 0 nitrogen and oxygen atoms in total. The van der Waals surface area contributed by atoms with E-state index in [4.69, 9.17) is 0 Å². The molecule has 0 spiro atoms. The first kappa shape index (κ1) is 17.5. The van der Waals surface area contributed by atoms with Crippen LogP contribution in [0, 0.1) is 0 Å². The van der Waals surface area contributed by atoms with E-state index >= 15 is 0 Å². The molecule has 0 amide bonds. The lowest BCUT2D eigenvalue weighted by molar-refractivity contribution is 0.668. The maximum absolute atomic E-state index is 3.82. The monoisotopic (exact) mass is 387 g/mol. The van der Waals surface area contributed by atoms with Crippen LogP contribution < -0.4 is 0 Å². The molecule has 0 aliphatic heterocycles. The second-order valence-electron chi connectivity index (χ2n) is 5.85. The van der Waals surface area contributed by atoms with Crippen molar-refractivity contribution in [3.05, 3.63) is 20.8 Å². The first-order chi connectivity index (χ1) is 10.3. The van der Waals surface area contributed by atoms with Gasteiger partial charge in [0.15, 0.2) is 4.70 Å². The molecule has 0 radical (unpaired) electrons. The van der Waals surface area contributed by atoms with Gasteiger partial charge in [-0.3, -0.25) is 0 Å². The molecule has 2 aromatic rings. The van der Waals surface area contributed by atoms with Crippen LogP contribution in [0.15, 0.2) is 15.2 Å². The van der Waals surface area contributed by atoms with Gasteiger partial charge in [0.25, 0.3) is 0 Å². The van der Waals surface area contributed by atoms with E-state index in [0.29, 0.717) is 10.5 Å². The van der Waals surface area contributed by atoms with Crippen molar-refractivity contribution < 1.29 is 0 Å². The van der Waals surface area contributed by atoms with E-state index in [1.54, 1.807) is 10.3 Å². The largest absolute Gasteiger partial charge is 0.195 e. The molecule has 3 heteroatoms. The van der Waals surface area contributed by atoms with Crippen LogP contribution in [-0.2, 0) is 12.2 Å². The summed E-state index contributed by atoms with van der Waals surface area (Å²) in [5.74, 6) is 1.37. The summed E-state index contributed by atoms with van der Waals surface area (Å²) >= 11 is 5.77. The molecule has 0 aliphatic carbocycles. The topological polar surface area (TPSA) is 0 Å². The molecule has 2 rings (SSSR count). The van der Waals surface area contributed by atoms with Gasteiger partial charge >= 0.3 is 0 Å². The third-order valence-electron chi connectivity index (χ3n) is 4.08. The fourth-order valence-corrected chi connectivity index (χ4v) is 7.51. The van der Waals surface area contributed by atoms with E-state index in [0.717, 1.165) is 0 Å². The summed E-state index contributed by atoms with van der Waals surface area (Å²) in [5, 5.41) is 2.48. The molecule has 0 N–H and O–H groups in total. The summed E-state index contributed by atoms with van der Waals surface area (Å²) in [5.41, 5.74) is 1.63. The number of halogens is 1. The van der Waals surface area contributed by atoms with Crippen LogP contribution in [0.3, 0.4) is 0 Å². The van der Waals surface area contributed by atoms with E-state index in [2.05, 4.69) is 41.2 Å². The van der Waals surface area contributed by atoms with Crippen molar-refractivity contribution in [1.82, 2.24) is 0 Å². The number of aryl methyl sites for hydroxylation is 2. The third-order valence-corrected chi connectivity index (χ3v) is 8.34. The van der Waals surface area contributed by atoms with Crippen molar-refractivity contribution in [2.45, 2.75) is 77.4 Å². The molecule has 2 aromatic heterocycles. The SMILES string of the molecule is CCCCCCc1c(Br)sc2cc[s+](CCCCCC)c12. The lowest BCUT2D eigenvalue weighted by atomic mass is 10.1. The minimum Gasteiger partial charge on any atom is -0.122 e. The molecule has 21 heavy (non-hydrogen) atoms. The highest BCUT2D eigenvalue weighted by Crippen LogP contribution is 2.45. The summed E-state index contributed by atoms with van der Waals surface area (Å²) in [7, 11) is 0.396. The Morgan fingerprint density at radius 1 is 1.00 bits per heavy atom. The van der Waals surface area contributed by atoms with Crippen LogP contribution in [0.2, 0.25) is 0 Å². The van der Waals surface area contributed by atoms with Crippen molar-refractivity contribution in [3.63, 3.8) is 0 Å². The zero-order valence-corrected chi connectivity index (χ0v) is 16.6. The number of unbranched alkanes of at least 4 members (excludes halogenated alkanes) is 6. The second-order valence-corrected chi connectivity index (χ2v) is 10.2. The summed E-state index contributed by atoms with van der Waals surface area (Å²) in [6.45, 7) is 4.58. The average molecular weight is 388 g/mol. The zero-order chi connectivity index (χ0) is 15.1. The molecule has 118 valence electrons. The summed E-state index contributed by atoms with van der Waals surface area (Å²) in [6.07, 6.45) is 12.2. The van der Waals surface area contributed by atoms with Gasteiger partial charge in [0.2, 0.25) is 0 Å². The van der Waals surface area contributed by atoms with Gasteiger partial charge in [-0.05, 0) is 52.1 Å². The van der Waals surface area contributed by atoms with Gasteiger partial charge in [-0.1, -0.05) is 46.0 Å². The Labute approximate surface area is 145 Å². The molecule has 2 heterocycles. The average Bonchev–Trinajstić information content (AvgIpc) is 3.00. The Balaban J connectivity index is 2.04. The third kappa shape index (κ3) is 4.80. The predicted octanol–water partition coefficient (Wildman–Crippen LogP) is 8.12. The Kier molecular flexibility index (Phi) is 7.76. The smallest absolute Gasteiger partial charge is 0.122 e. The number of hydrogen-bond acceptors (Lipinski definition) is 1. The van der Waals surface area contributed by atoms with E-state index < -0.39 is 0 Å². The first-order valence-electron chi connectivity index (χ1n) is 8.47.